The van der Waals surface area contributed by atoms with Gasteiger partial charge < -0.3 is 10.1 Å². The lowest BCUT2D eigenvalue weighted by molar-refractivity contribution is -0.122. The molecule has 1 aromatic carbocycles. The van der Waals surface area contributed by atoms with Gasteiger partial charge in [-0.2, -0.15) is 0 Å². The van der Waals surface area contributed by atoms with Crippen molar-refractivity contribution in [3.05, 3.63) is 30.3 Å². The van der Waals surface area contributed by atoms with Gasteiger partial charge in [0.15, 0.2) is 0 Å². The first-order chi connectivity index (χ1) is 10.9. The Labute approximate surface area is 142 Å². The van der Waals surface area contributed by atoms with Crippen LogP contribution in [0.15, 0.2) is 35.2 Å². The summed E-state index contributed by atoms with van der Waals surface area (Å²) < 4.78 is 31.5. The molecular formula is C16H24N2O5S. The van der Waals surface area contributed by atoms with Gasteiger partial charge in [0.25, 0.3) is 15.9 Å². The first-order valence-corrected chi connectivity index (χ1v) is 9.02. The van der Waals surface area contributed by atoms with Gasteiger partial charge in [0.1, 0.15) is 11.6 Å². The maximum absolute atomic E-state index is 12.3. The van der Waals surface area contributed by atoms with E-state index >= 15 is 0 Å². The molecule has 1 atom stereocenters. The minimum atomic E-state index is -4.00. The summed E-state index contributed by atoms with van der Waals surface area (Å²) in [5.41, 5.74) is -0.724. The van der Waals surface area contributed by atoms with Gasteiger partial charge in [-0.1, -0.05) is 32.0 Å². The predicted molar refractivity (Wildman–Crippen MR) is 89.8 cm³/mol. The SMILES string of the molecule is CC(C)[C@@H](NC(=O)OC(C)(C)C)C(=O)NS(=O)(=O)c1ccccc1. The lowest BCUT2D eigenvalue weighted by atomic mass is 10.0. The van der Waals surface area contributed by atoms with Crippen LogP contribution in [0, 0.1) is 5.92 Å². The van der Waals surface area contributed by atoms with Crippen LogP contribution in [0.25, 0.3) is 0 Å². The van der Waals surface area contributed by atoms with Crippen LogP contribution in [0.3, 0.4) is 0 Å². The maximum atomic E-state index is 12.3. The van der Waals surface area contributed by atoms with E-state index in [9.17, 15) is 18.0 Å². The third-order valence-electron chi connectivity index (χ3n) is 2.91. The smallest absolute Gasteiger partial charge is 0.408 e. The topological polar surface area (TPSA) is 102 Å². The van der Waals surface area contributed by atoms with Crippen molar-refractivity contribution in [2.24, 2.45) is 5.92 Å². The molecule has 0 heterocycles. The molecule has 1 rings (SSSR count). The zero-order valence-electron chi connectivity index (χ0n) is 14.5. The van der Waals surface area contributed by atoms with Gasteiger partial charge in [0, 0.05) is 0 Å². The van der Waals surface area contributed by atoms with E-state index in [1.165, 1.54) is 12.1 Å². The summed E-state index contributed by atoms with van der Waals surface area (Å²) in [6.45, 7) is 8.46. The Morgan fingerprint density at radius 2 is 1.62 bits per heavy atom. The molecule has 0 saturated heterocycles. The number of carbonyl (C=O) groups is 2. The van der Waals surface area contributed by atoms with Crippen molar-refractivity contribution in [2.45, 2.75) is 51.2 Å². The average Bonchev–Trinajstić information content (AvgIpc) is 2.43. The quantitative estimate of drug-likeness (QED) is 0.841. The van der Waals surface area contributed by atoms with Crippen LogP contribution >= 0.6 is 0 Å². The Hall–Kier alpha value is -2.09. The summed E-state index contributed by atoms with van der Waals surface area (Å²) in [5.74, 6) is -1.15. The number of benzene rings is 1. The lowest BCUT2D eigenvalue weighted by Crippen LogP contribution is -2.52. The highest BCUT2D eigenvalue weighted by Crippen LogP contribution is 2.11. The van der Waals surface area contributed by atoms with E-state index in [0.29, 0.717) is 0 Å². The second-order valence-electron chi connectivity index (χ2n) is 6.65. The van der Waals surface area contributed by atoms with Gasteiger partial charge in [0.2, 0.25) is 0 Å². The average molecular weight is 356 g/mol. The highest BCUT2D eigenvalue weighted by Gasteiger charge is 2.30. The fraction of sp³-hybridized carbons (Fsp3) is 0.500. The molecule has 0 saturated carbocycles. The Balaban J connectivity index is 2.86. The van der Waals surface area contributed by atoms with Crippen LogP contribution in [0.2, 0.25) is 0 Å². The molecule has 0 aromatic heterocycles. The third-order valence-corrected chi connectivity index (χ3v) is 4.27. The van der Waals surface area contributed by atoms with Crippen molar-refractivity contribution in [2.75, 3.05) is 0 Å². The number of hydrogen-bond donors (Lipinski definition) is 2. The Kier molecular flexibility index (Phi) is 6.36. The van der Waals surface area contributed by atoms with Gasteiger partial charge in [0.05, 0.1) is 4.90 Å². The number of nitrogens with one attached hydrogen (secondary N) is 2. The van der Waals surface area contributed by atoms with Crippen LogP contribution in [0.5, 0.6) is 0 Å². The van der Waals surface area contributed by atoms with Crippen molar-refractivity contribution in [1.82, 2.24) is 10.0 Å². The molecule has 0 fully saturated rings. The Morgan fingerprint density at radius 1 is 1.08 bits per heavy atom. The first-order valence-electron chi connectivity index (χ1n) is 7.53. The van der Waals surface area contributed by atoms with Crippen LogP contribution in [-0.2, 0) is 19.6 Å². The second-order valence-corrected chi connectivity index (χ2v) is 8.33. The standard InChI is InChI=1S/C16H24N2O5S/c1-11(2)13(17-15(20)23-16(3,4)5)14(19)18-24(21,22)12-9-7-6-8-10-12/h6-11,13H,1-5H3,(H,17,20)(H,18,19)/t13-/m1/s1. The second kappa shape index (κ2) is 7.65. The van der Waals surface area contributed by atoms with E-state index in [0.717, 1.165) is 0 Å². The summed E-state index contributed by atoms with van der Waals surface area (Å²) in [4.78, 5) is 24.1. The number of carbonyl (C=O) groups excluding carboxylic acids is 2. The van der Waals surface area contributed by atoms with Crippen molar-refractivity contribution in [3.63, 3.8) is 0 Å². The zero-order valence-corrected chi connectivity index (χ0v) is 15.3. The van der Waals surface area contributed by atoms with Crippen molar-refractivity contribution >= 4 is 22.0 Å². The number of alkyl carbamates (subject to hydrolysis) is 1. The molecule has 0 radical (unpaired) electrons. The molecule has 0 bridgehead atoms. The van der Waals surface area contributed by atoms with Gasteiger partial charge >= 0.3 is 6.09 Å². The minimum absolute atomic E-state index is 0.0295. The summed E-state index contributed by atoms with van der Waals surface area (Å²) in [6.07, 6.45) is -0.784. The number of amides is 2. The first kappa shape index (κ1) is 20.0. The van der Waals surface area contributed by atoms with Crippen LogP contribution in [0.4, 0.5) is 4.79 Å². The molecule has 0 aliphatic heterocycles. The summed E-state index contributed by atoms with van der Waals surface area (Å²) in [6, 6.07) is 6.48. The van der Waals surface area contributed by atoms with E-state index in [2.05, 4.69) is 5.32 Å². The van der Waals surface area contributed by atoms with E-state index in [4.69, 9.17) is 4.74 Å². The molecule has 2 amide bonds. The molecule has 0 aliphatic rings. The third kappa shape index (κ3) is 6.19. The Bertz CT molecular complexity index is 678. The summed E-state index contributed by atoms with van der Waals surface area (Å²) in [7, 11) is -4.00. The van der Waals surface area contributed by atoms with Gasteiger partial charge in [-0.15, -0.1) is 0 Å². The lowest BCUT2D eigenvalue weighted by Gasteiger charge is -2.25. The van der Waals surface area contributed by atoms with E-state index in [1.807, 2.05) is 4.72 Å². The Morgan fingerprint density at radius 3 is 2.08 bits per heavy atom. The van der Waals surface area contributed by atoms with E-state index in [-0.39, 0.29) is 10.8 Å². The number of ether oxygens (including phenoxy) is 1. The van der Waals surface area contributed by atoms with Crippen LogP contribution < -0.4 is 10.0 Å². The highest BCUT2D eigenvalue weighted by atomic mass is 32.2. The zero-order chi connectivity index (χ0) is 18.5. The van der Waals surface area contributed by atoms with Crippen molar-refractivity contribution in [3.8, 4) is 0 Å². The van der Waals surface area contributed by atoms with Gasteiger partial charge in [-0.25, -0.2) is 17.9 Å². The molecule has 8 heteroatoms. The molecular weight excluding hydrogens is 332 g/mol. The summed E-state index contributed by atoms with van der Waals surface area (Å²) >= 11 is 0. The van der Waals surface area contributed by atoms with Crippen LogP contribution in [-0.4, -0.2) is 32.1 Å². The van der Waals surface area contributed by atoms with Crippen LogP contribution in [0.1, 0.15) is 34.6 Å². The molecule has 24 heavy (non-hydrogen) atoms. The van der Waals surface area contributed by atoms with Gasteiger partial charge in [-0.3, -0.25) is 4.79 Å². The number of hydrogen-bond acceptors (Lipinski definition) is 5. The molecule has 7 nitrogen and oxygen atoms in total. The molecule has 0 aliphatic carbocycles. The number of sulfonamides is 1. The maximum Gasteiger partial charge on any atom is 0.408 e. The van der Waals surface area contributed by atoms with E-state index < -0.39 is 33.7 Å². The normalized spacial score (nSPS) is 13.2. The largest absolute Gasteiger partial charge is 0.444 e. The van der Waals surface area contributed by atoms with E-state index in [1.54, 1.807) is 52.8 Å². The van der Waals surface area contributed by atoms with Gasteiger partial charge in [-0.05, 0) is 38.8 Å². The molecule has 134 valence electrons. The number of rotatable bonds is 5. The molecule has 0 spiro atoms. The highest BCUT2D eigenvalue weighted by molar-refractivity contribution is 7.90. The summed E-state index contributed by atoms with van der Waals surface area (Å²) in [5, 5.41) is 2.41. The fourth-order valence-electron chi connectivity index (χ4n) is 1.82. The van der Waals surface area contributed by atoms with Crippen molar-refractivity contribution < 1.29 is 22.7 Å². The van der Waals surface area contributed by atoms with Crippen molar-refractivity contribution in [1.29, 1.82) is 0 Å². The fourth-order valence-corrected chi connectivity index (χ4v) is 2.85. The minimum Gasteiger partial charge on any atom is -0.444 e. The predicted octanol–water partition coefficient (Wildman–Crippen LogP) is 2.04. The monoisotopic (exact) mass is 356 g/mol. The molecule has 1 aromatic rings. The molecule has 0 unspecified atom stereocenters. The molecule has 2 N–H and O–H groups in total.